The monoisotopic (exact) mass is 412 g/mol. The number of fused-ring (bicyclic) bond motifs is 1. The van der Waals surface area contributed by atoms with E-state index in [0.29, 0.717) is 0 Å². The smallest absolute Gasteiger partial charge is 0.280 e. The minimum atomic E-state index is -2.28. The van der Waals surface area contributed by atoms with Crippen LogP contribution >= 0.6 is 0 Å². The summed E-state index contributed by atoms with van der Waals surface area (Å²) in [4.78, 5) is 27.5. The van der Waals surface area contributed by atoms with E-state index in [0.717, 1.165) is 0 Å². The van der Waals surface area contributed by atoms with E-state index in [4.69, 9.17) is 21.2 Å². The normalized spacial score (nSPS) is 27.4. The summed E-state index contributed by atoms with van der Waals surface area (Å²) in [5.41, 5.74) is 4.48. The van der Waals surface area contributed by atoms with Gasteiger partial charge in [0.15, 0.2) is 17.4 Å². The lowest BCUT2D eigenvalue weighted by molar-refractivity contribution is -0.0769. The van der Waals surface area contributed by atoms with Crippen molar-refractivity contribution in [3.63, 3.8) is 0 Å². The summed E-state index contributed by atoms with van der Waals surface area (Å²) < 4.78 is 7.41. The van der Waals surface area contributed by atoms with Crippen molar-refractivity contribution in [3.8, 4) is 0 Å². The number of hydrogen-bond acceptors (Lipinski definition) is 9. The van der Waals surface area contributed by atoms with Gasteiger partial charge in [-0.15, -0.1) is 0 Å². The zero-order valence-electron chi connectivity index (χ0n) is 16.6. The van der Waals surface area contributed by atoms with Crippen molar-refractivity contribution in [2.24, 2.45) is 5.90 Å². The maximum Gasteiger partial charge on any atom is 0.280 e. The molecule has 28 heavy (non-hydrogen) atoms. The van der Waals surface area contributed by atoms with E-state index < -0.39 is 43.9 Å². The number of nitrogens with two attached hydrogens (primary N) is 2. The lowest BCUT2D eigenvalue weighted by atomic mass is 10.1. The first-order valence-electron chi connectivity index (χ1n) is 8.99. The van der Waals surface area contributed by atoms with Gasteiger partial charge in [0.1, 0.15) is 18.3 Å². The summed E-state index contributed by atoms with van der Waals surface area (Å²) in [6, 6.07) is 0. The number of nitrogens with one attached hydrogen (secondary N) is 1. The van der Waals surface area contributed by atoms with Crippen LogP contribution in [0.4, 0.5) is 5.95 Å². The minimum Gasteiger partial charge on any atom is -0.394 e. The fourth-order valence-electron chi connectivity index (χ4n) is 3.30. The second-order valence-electron chi connectivity index (χ2n) is 8.77. The van der Waals surface area contributed by atoms with E-state index in [1.807, 2.05) is 13.1 Å². The van der Waals surface area contributed by atoms with Gasteiger partial charge in [0.05, 0.1) is 20.1 Å². The molecule has 3 heterocycles. The number of ether oxygens (including phenoxy) is 1. The second-order valence-corrected chi connectivity index (χ2v) is 14.3. The van der Waals surface area contributed by atoms with Crippen LogP contribution in [0.3, 0.4) is 0 Å². The molecule has 0 aromatic carbocycles. The maximum absolute atomic E-state index is 12.0. The highest BCUT2D eigenvalue weighted by Crippen LogP contribution is 2.43. The molecule has 7 N–H and O–H groups in total. The first kappa shape index (κ1) is 20.9. The largest absolute Gasteiger partial charge is 0.394 e. The quantitative estimate of drug-likeness (QED) is 0.331. The Labute approximate surface area is 162 Å². The summed E-state index contributed by atoms with van der Waals surface area (Å²) in [5, 5.41) is 21.8. The number of aromatic amines is 1. The van der Waals surface area contributed by atoms with E-state index >= 15 is 0 Å². The molecule has 1 aliphatic heterocycles. The highest BCUT2D eigenvalue weighted by atomic mass is 28.3. The standard InChI is InChI=1S/C16H28N6O5Si/c1-16(2,3)28(4,5)14(25)10-9(27-18)8(23)13(26-10)22-6-19-7-11(22)20-15(17)21-12(7)24/h6,8-10,13-14,23,25H,18H2,1-5H3,(H3,17,20,21,24)/t8-,9+,10+,13-,14?/m1/s1. The van der Waals surface area contributed by atoms with Gasteiger partial charge in [-0.05, 0) is 5.04 Å². The van der Waals surface area contributed by atoms with Gasteiger partial charge in [-0.3, -0.25) is 19.2 Å². The first-order valence-corrected chi connectivity index (χ1v) is 12.1. The predicted molar refractivity (Wildman–Crippen MR) is 105 cm³/mol. The summed E-state index contributed by atoms with van der Waals surface area (Å²) in [7, 11) is -2.28. The molecule has 11 nitrogen and oxygen atoms in total. The summed E-state index contributed by atoms with van der Waals surface area (Å²) in [5.74, 6) is 5.34. The van der Waals surface area contributed by atoms with E-state index in [-0.39, 0.29) is 22.2 Å². The van der Waals surface area contributed by atoms with Crippen LogP contribution in [0.5, 0.6) is 0 Å². The number of imidazole rings is 1. The van der Waals surface area contributed by atoms with Crippen LogP contribution in [0.15, 0.2) is 11.1 Å². The molecule has 1 aliphatic rings. The highest BCUT2D eigenvalue weighted by molar-refractivity contribution is 6.81. The van der Waals surface area contributed by atoms with Crippen LogP contribution in [0, 0.1) is 0 Å². The van der Waals surface area contributed by atoms with Gasteiger partial charge < -0.3 is 20.7 Å². The number of hydrogen-bond donors (Lipinski definition) is 5. The molecule has 156 valence electrons. The Morgan fingerprint density at radius 2 is 2.07 bits per heavy atom. The number of aliphatic hydroxyl groups is 2. The molecule has 0 spiro atoms. The molecule has 0 aliphatic carbocycles. The van der Waals surface area contributed by atoms with Crippen LogP contribution in [-0.2, 0) is 9.57 Å². The summed E-state index contributed by atoms with van der Waals surface area (Å²) >= 11 is 0. The van der Waals surface area contributed by atoms with Gasteiger partial charge in [-0.2, -0.15) is 4.98 Å². The van der Waals surface area contributed by atoms with E-state index in [2.05, 4.69) is 35.7 Å². The first-order chi connectivity index (χ1) is 12.9. The molecule has 12 heteroatoms. The van der Waals surface area contributed by atoms with Crippen molar-refractivity contribution in [1.82, 2.24) is 19.5 Å². The van der Waals surface area contributed by atoms with Crippen molar-refractivity contribution in [1.29, 1.82) is 0 Å². The van der Waals surface area contributed by atoms with Crippen LogP contribution in [0.1, 0.15) is 27.0 Å². The van der Waals surface area contributed by atoms with Crippen molar-refractivity contribution in [3.05, 3.63) is 16.7 Å². The van der Waals surface area contributed by atoms with Gasteiger partial charge in [-0.1, -0.05) is 33.9 Å². The third-order valence-electron chi connectivity index (χ3n) is 6.11. The fraction of sp³-hybridized carbons (Fsp3) is 0.688. The van der Waals surface area contributed by atoms with Crippen molar-refractivity contribution in [2.75, 3.05) is 5.73 Å². The Kier molecular flexibility index (Phi) is 5.14. The van der Waals surface area contributed by atoms with E-state index in [1.54, 1.807) is 0 Å². The zero-order chi connectivity index (χ0) is 21.0. The molecule has 0 bridgehead atoms. The van der Waals surface area contributed by atoms with Crippen molar-refractivity contribution < 1.29 is 19.8 Å². The molecular weight excluding hydrogens is 384 g/mol. The summed E-state index contributed by atoms with van der Waals surface area (Å²) in [6.45, 7) is 10.3. The average Bonchev–Trinajstić information content (AvgIpc) is 3.13. The lowest BCUT2D eigenvalue weighted by Gasteiger charge is -2.43. The van der Waals surface area contributed by atoms with Gasteiger partial charge in [0.25, 0.3) is 5.56 Å². The van der Waals surface area contributed by atoms with E-state index in [1.165, 1.54) is 10.9 Å². The van der Waals surface area contributed by atoms with E-state index in [9.17, 15) is 15.0 Å². The van der Waals surface area contributed by atoms with Gasteiger partial charge >= 0.3 is 0 Å². The molecule has 2 aromatic rings. The number of aliphatic hydroxyl groups excluding tert-OH is 2. The average molecular weight is 413 g/mol. The molecule has 0 saturated carbocycles. The number of H-pyrrole nitrogens is 1. The third kappa shape index (κ3) is 3.15. The zero-order valence-corrected chi connectivity index (χ0v) is 17.6. The summed E-state index contributed by atoms with van der Waals surface area (Å²) in [6.07, 6.45) is -2.71. The molecular formula is C16H28N6O5Si. The lowest BCUT2D eigenvalue weighted by Crippen LogP contribution is -2.58. The van der Waals surface area contributed by atoms with Crippen LogP contribution < -0.4 is 17.2 Å². The second kappa shape index (κ2) is 6.90. The Balaban J connectivity index is 2.01. The molecule has 1 fully saturated rings. The molecule has 1 unspecified atom stereocenters. The Morgan fingerprint density at radius 1 is 1.43 bits per heavy atom. The SMILES string of the molecule is CC(C)(C)[Si](C)(C)C(O)[C@H]1O[C@@H](n2cnc3c(=O)[nH]c(N)nc32)[C@H](O)[C@@H]1ON. The molecule has 0 radical (unpaired) electrons. The maximum atomic E-state index is 12.0. The van der Waals surface area contributed by atoms with Crippen LogP contribution in [-0.4, -0.2) is 61.8 Å². The topological polar surface area (TPSA) is 175 Å². The minimum absolute atomic E-state index is 0.0589. The number of aromatic nitrogens is 4. The number of nitrogen functional groups attached to an aromatic ring is 1. The Bertz CT molecular complexity index is 922. The fourth-order valence-corrected chi connectivity index (χ4v) is 5.28. The van der Waals surface area contributed by atoms with Crippen molar-refractivity contribution >= 4 is 25.2 Å². The van der Waals surface area contributed by atoms with Crippen LogP contribution in [0.25, 0.3) is 11.2 Å². The molecule has 3 rings (SSSR count). The predicted octanol–water partition coefficient (Wildman–Crippen LogP) is -0.372. The van der Waals surface area contributed by atoms with Crippen molar-refractivity contribution in [2.45, 2.75) is 69.2 Å². The molecule has 0 amide bonds. The number of anilines is 1. The Morgan fingerprint density at radius 3 is 2.64 bits per heavy atom. The number of nitrogens with zero attached hydrogens (tertiary/aromatic N) is 3. The highest BCUT2D eigenvalue weighted by Gasteiger charge is 2.55. The molecule has 1 saturated heterocycles. The van der Waals surface area contributed by atoms with Gasteiger partial charge in [-0.25, -0.2) is 10.9 Å². The van der Waals surface area contributed by atoms with Crippen LogP contribution in [0.2, 0.25) is 18.1 Å². The molecule has 2 aromatic heterocycles. The van der Waals surface area contributed by atoms with Gasteiger partial charge in [0.2, 0.25) is 5.95 Å². The Hall–Kier alpha value is -1.83. The molecule has 5 atom stereocenters. The van der Waals surface area contributed by atoms with Gasteiger partial charge in [0, 0.05) is 0 Å². The number of rotatable bonds is 4. The third-order valence-corrected chi connectivity index (χ3v) is 11.8.